The molecule has 0 spiro atoms. The number of amides is 1. The number of halogens is 2. The van der Waals surface area contributed by atoms with Gasteiger partial charge in [-0.25, -0.2) is 13.6 Å². The second-order valence-corrected chi connectivity index (χ2v) is 6.55. The van der Waals surface area contributed by atoms with E-state index in [-0.39, 0.29) is 5.69 Å². The molecule has 3 rings (SSSR count). The Labute approximate surface area is 150 Å². The predicted octanol–water partition coefficient (Wildman–Crippen LogP) is 3.90. The first-order chi connectivity index (χ1) is 12.3. The maximum absolute atomic E-state index is 13.6. The molecular formula is C19H20F2N2O3. The lowest BCUT2D eigenvalue weighted by molar-refractivity contribution is -0.123. The van der Waals surface area contributed by atoms with Crippen LogP contribution in [0.5, 0.6) is 0 Å². The van der Waals surface area contributed by atoms with Crippen LogP contribution in [0.1, 0.15) is 47.6 Å². The number of nitrogens with zero attached hydrogens (tertiary/aromatic N) is 1. The second kappa shape index (κ2) is 6.90. The van der Waals surface area contributed by atoms with Crippen molar-refractivity contribution in [1.82, 2.24) is 4.57 Å². The largest absolute Gasteiger partial charge is 0.449 e. The summed E-state index contributed by atoms with van der Waals surface area (Å²) in [5, 5.41) is 2.23. The van der Waals surface area contributed by atoms with Crippen LogP contribution in [0.3, 0.4) is 0 Å². The Kier molecular flexibility index (Phi) is 4.80. The van der Waals surface area contributed by atoms with Gasteiger partial charge in [0, 0.05) is 23.5 Å². The van der Waals surface area contributed by atoms with Gasteiger partial charge < -0.3 is 14.6 Å². The normalized spacial score (nSPS) is 14.8. The average Bonchev–Trinajstić information content (AvgIpc) is 3.36. The van der Waals surface area contributed by atoms with Gasteiger partial charge in [0.05, 0.1) is 11.3 Å². The number of nitrogens with one attached hydrogen (secondary N) is 1. The molecule has 5 nitrogen and oxygen atoms in total. The third kappa shape index (κ3) is 3.61. The number of benzene rings is 1. The van der Waals surface area contributed by atoms with E-state index in [2.05, 4.69) is 9.88 Å². The first-order valence-electron chi connectivity index (χ1n) is 8.43. The number of carbonyl (C=O) groups excluding carboxylic acids is 2. The molecule has 26 heavy (non-hydrogen) atoms. The van der Waals surface area contributed by atoms with Crippen LogP contribution in [0.2, 0.25) is 0 Å². The topological polar surface area (TPSA) is 60.3 Å². The number of hydrogen-bond acceptors (Lipinski definition) is 3. The molecule has 1 fully saturated rings. The van der Waals surface area contributed by atoms with Crippen molar-refractivity contribution in [3.8, 4) is 0 Å². The van der Waals surface area contributed by atoms with Crippen molar-refractivity contribution in [2.75, 3.05) is 5.32 Å². The lowest BCUT2D eigenvalue weighted by Crippen LogP contribution is -2.30. The first-order valence-corrected chi connectivity index (χ1v) is 8.43. The molecule has 1 amide bonds. The number of rotatable bonds is 5. The lowest BCUT2D eigenvalue weighted by Gasteiger charge is -2.14. The summed E-state index contributed by atoms with van der Waals surface area (Å²) >= 11 is 0. The SMILES string of the molecule is Cc1cc(C(=O)OC(C)C(=O)Nc2cc(F)ccc2F)c(C)n1C1CC1. The van der Waals surface area contributed by atoms with Crippen molar-refractivity contribution in [3.05, 3.63) is 52.9 Å². The average molecular weight is 362 g/mol. The highest BCUT2D eigenvalue weighted by molar-refractivity contribution is 5.97. The fraction of sp³-hybridized carbons (Fsp3) is 0.368. The minimum absolute atomic E-state index is 0.301. The molecule has 1 heterocycles. The number of esters is 1. The van der Waals surface area contributed by atoms with E-state index in [1.54, 1.807) is 6.07 Å². The van der Waals surface area contributed by atoms with Crippen molar-refractivity contribution < 1.29 is 23.1 Å². The molecule has 1 atom stereocenters. The molecule has 0 radical (unpaired) electrons. The molecule has 1 N–H and O–H groups in total. The zero-order valence-electron chi connectivity index (χ0n) is 14.8. The fourth-order valence-corrected chi connectivity index (χ4v) is 2.98. The van der Waals surface area contributed by atoms with Crippen LogP contribution >= 0.6 is 0 Å². The number of aryl methyl sites for hydroxylation is 1. The van der Waals surface area contributed by atoms with Crippen LogP contribution in [0, 0.1) is 25.5 Å². The smallest absolute Gasteiger partial charge is 0.340 e. The van der Waals surface area contributed by atoms with E-state index in [1.165, 1.54) is 6.92 Å². The molecule has 1 aromatic heterocycles. The van der Waals surface area contributed by atoms with Crippen LogP contribution in [-0.2, 0) is 9.53 Å². The highest BCUT2D eigenvalue weighted by Crippen LogP contribution is 2.38. The van der Waals surface area contributed by atoms with Crippen molar-refractivity contribution in [1.29, 1.82) is 0 Å². The van der Waals surface area contributed by atoms with E-state index in [9.17, 15) is 18.4 Å². The fourth-order valence-electron chi connectivity index (χ4n) is 2.98. The highest BCUT2D eigenvalue weighted by Gasteiger charge is 2.29. The van der Waals surface area contributed by atoms with Gasteiger partial charge in [-0.2, -0.15) is 0 Å². The van der Waals surface area contributed by atoms with Crippen molar-refractivity contribution in [2.45, 2.75) is 45.8 Å². The Balaban J connectivity index is 1.68. The number of carbonyl (C=O) groups is 2. The van der Waals surface area contributed by atoms with E-state index >= 15 is 0 Å². The number of aromatic nitrogens is 1. The molecule has 1 aromatic carbocycles. The van der Waals surface area contributed by atoms with Crippen LogP contribution in [0.15, 0.2) is 24.3 Å². The summed E-state index contributed by atoms with van der Waals surface area (Å²) in [5.41, 5.74) is 1.88. The van der Waals surface area contributed by atoms with Gasteiger partial charge in [-0.15, -0.1) is 0 Å². The quantitative estimate of drug-likeness (QED) is 0.821. The van der Waals surface area contributed by atoms with Crippen LogP contribution in [-0.4, -0.2) is 22.5 Å². The second-order valence-electron chi connectivity index (χ2n) is 6.55. The lowest BCUT2D eigenvalue weighted by atomic mass is 10.2. The Morgan fingerprint density at radius 1 is 1.23 bits per heavy atom. The summed E-state index contributed by atoms with van der Waals surface area (Å²) in [4.78, 5) is 24.5. The summed E-state index contributed by atoms with van der Waals surface area (Å²) in [5.74, 6) is -2.81. The van der Waals surface area contributed by atoms with Gasteiger partial charge in [0.15, 0.2) is 6.10 Å². The molecule has 1 aliphatic carbocycles. The Morgan fingerprint density at radius 3 is 2.58 bits per heavy atom. The minimum Gasteiger partial charge on any atom is -0.449 e. The van der Waals surface area contributed by atoms with E-state index in [4.69, 9.17) is 4.74 Å². The summed E-state index contributed by atoms with van der Waals surface area (Å²) < 4.78 is 34.1. The highest BCUT2D eigenvalue weighted by atomic mass is 19.1. The van der Waals surface area contributed by atoms with Gasteiger partial charge in [0.2, 0.25) is 0 Å². The summed E-state index contributed by atoms with van der Waals surface area (Å²) in [6.07, 6.45) is 1.01. The number of anilines is 1. The Morgan fingerprint density at radius 2 is 1.92 bits per heavy atom. The van der Waals surface area contributed by atoms with Crippen LogP contribution in [0.4, 0.5) is 14.5 Å². The van der Waals surface area contributed by atoms with Gasteiger partial charge >= 0.3 is 5.97 Å². The third-order valence-electron chi connectivity index (χ3n) is 4.46. The Bertz CT molecular complexity index is 872. The molecule has 1 saturated carbocycles. The first kappa shape index (κ1) is 18.1. The van der Waals surface area contributed by atoms with Gasteiger partial charge in [-0.1, -0.05) is 0 Å². The molecule has 0 aliphatic heterocycles. The molecule has 2 aromatic rings. The molecule has 0 bridgehead atoms. The van der Waals surface area contributed by atoms with Crippen molar-refractivity contribution in [3.63, 3.8) is 0 Å². The summed E-state index contributed by atoms with van der Waals surface area (Å²) in [7, 11) is 0. The molecular weight excluding hydrogens is 342 g/mol. The monoisotopic (exact) mass is 362 g/mol. The predicted molar refractivity (Wildman–Crippen MR) is 92.0 cm³/mol. The zero-order chi connectivity index (χ0) is 19.0. The van der Waals surface area contributed by atoms with Gasteiger partial charge in [0.25, 0.3) is 5.91 Å². The standard InChI is InChI=1S/C19H20F2N2O3/c1-10-8-15(11(2)23(10)14-5-6-14)19(25)26-12(3)18(24)22-17-9-13(20)4-7-16(17)21/h4,7-9,12,14H,5-6H2,1-3H3,(H,22,24). The van der Waals surface area contributed by atoms with E-state index in [1.807, 2.05) is 13.8 Å². The van der Waals surface area contributed by atoms with Gasteiger partial charge in [-0.3, -0.25) is 4.79 Å². The van der Waals surface area contributed by atoms with E-state index in [0.29, 0.717) is 11.6 Å². The molecule has 1 unspecified atom stereocenters. The number of hydrogen-bond donors (Lipinski definition) is 1. The van der Waals surface area contributed by atoms with Gasteiger partial charge in [-0.05, 0) is 51.8 Å². The Hall–Kier alpha value is -2.70. The molecule has 1 aliphatic rings. The van der Waals surface area contributed by atoms with Crippen molar-refractivity contribution in [2.24, 2.45) is 0 Å². The maximum atomic E-state index is 13.6. The minimum atomic E-state index is -1.16. The molecule has 7 heteroatoms. The zero-order valence-corrected chi connectivity index (χ0v) is 14.8. The molecule has 0 saturated heterocycles. The number of ether oxygens (including phenoxy) is 1. The van der Waals surface area contributed by atoms with Gasteiger partial charge in [0.1, 0.15) is 11.6 Å². The summed E-state index contributed by atoms with van der Waals surface area (Å²) in [6, 6.07) is 4.89. The van der Waals surface area contributed by atoms with E-state index in [0.717, 1.165) is 42.4 Å². The van der Waals surface area contributed by atoms with Crippen LogP contribution in [0.25, 0.3) is 0 Å². The summed E-state index contributed by atoms with van der Waals surface area (Å²) in [6.45, 7) is 5.14. The van der Waals surface area contributed by atoms with Crippen LogP contribution < -0.4 is 5.32 Å². The third-order valence-corrected chi connectivity index (χ3v) is 4.46. The van der Waals surface area contributed by atoms with E-state index < -0.39 is 29.6 Å². The maximum Gasteiger partial charge on any atom is 0.340 e. The van der Waals surface area contributed by atoms with Crippen molar-refractivity contribution >= 4 is 17.6 Å². The molecule has 138 valence electrons.